The van der Waals surface area contributed by atoms with E-state index >= 15 is 0 Å². The van der Waals surface area contributed by atoms with E-state index in [1.54, 1.807) is 0 Å². The smallest absolute Gasteiger partial charge is 0.396 e. The molecule has 0 heterocycles. The molecule has 0 bridgehead atoms. The van der Waals surface area contributed by atoms with Crippen molar-refractivity contribution in [2.24, 2.45) is 0 Å². The lowest BCUT2D eigenvalue weighted by atomic mass is 10.0. The van der Waals surface area contributed by atoms with Gasteiger partial charge in [-0.2, -0.15) is 13.2 Å². The first-order chi connectivity index (χ1) is 7.86. The predicted molar refractivity (Wildman–Crippen MR) is 55.5 cm³/mol. The number of allylic oxidation sites excluding steroid dienone is 1. The number of nitrogen functional groups attached to an aromatic ring is 1. The Bertz CT molecular complexity index is 452. The number of aldehydes is 1. The van der Waals surface area contributed by atoms with E-state index < -0.39 is 23.2 Å². The Balaban J connectivity index is 3.26. The Hall–Kier alpha value is -1.85. The molecule has 1 aromatic carbocycles. The molecule has 2 N–H and O–H groups in total. The van der Waals surface area contributed by atoms with Crippen LogP contribution in [0, 0.1) is 5.82 Å². The average Bonchev–Trinajstić information content (AvgIpc) is 2.21. The number of rotatable bonds is 3. The summed E-state index contributed by atoms with van der Waals surface area (Å²) < 4.78 is 50.8. The first kappa shape index (κ1) is 13.2. The van der Waals surface area contributed by atoms with Gasteiger partial charge in [0, 0.05) is 6.42 Å². The highest BCUT2D eigenvalue weighted by molar-refractivity contribution is 5.62. The number of alkyl halides is 3. The van der Waals surface area contributed by atoms with E-state index in [0.717, 1.165) is 6.08 Å². The SMILES string of the molecule is Nc1cc(C(F)(F)F)c(C=CCC=O)cc1F. The molecule has 6 heteroatoms. The van der Waals surface area contributed by atoms with Crippen molar-refractivity contribution >= 4 is 18.0 Å². The largest absolute Gasteiger partial charge is 0.417 e. The van der Waals surface area contributed by atoms with Crippen molar-refractivity contribution in [1.29, 1.82) is 0 Å². The molecule has 0 spiro atoms. The van der Waals surface area contributed by atoms with Crippen LogP contribution < -0.4 is 5.73 Å². The van der Waals surface area contributed by atoms with Gasteiger partial charge >= 0.3 is 6.18 Å². The Labute approximate surface area is 94.7 Å². The van der Waals surface area contributed by atoms with Crippen LogP contribution in [0.2, 0.25) is 0 Å². The van der Waals surface area contributed by atoms with Crippen LogP contribution in [0.5, 0.6) is 0 Å². The van der Waals surface area contributed by atoms with Gasteiger partial charge in [0.15, 0.2) is 0 Å². The highest BCUT2D eigenvalue weighted by atomic mass is 19.4. The number of nitrogens with two attached hydrogens (primary N) is 1. The van der Waals surface area contributed by atoms with E-state index in [4.69, 9.17) is 5.73 Å². The summed E-state index contributed by atoms with van der Waals surface area (Å²) in [7, 11) is 0. The van der Waals surface area contributed by atoms with Crippen LogP contribution in [0.4, 0.5) is 23.2 Å². The lowest BCUT2D eigenvalue weighted by Crippen LogP contribution is -2.09. The molecule has 0 saturated carbocycles. The Morgan fingerprint density at radius 1 is 1.29 bits per heavy atom. The highest BCUT2D eigenvalue weighted by Gasteiger charge is 2.33. The Kier molecular flexibility index (Phi) is 3.88. The van der Waals surface area contributed by atoms with Gasteiger partial charge in [-0.05, 0) is 17.7 Å². The van der Waals surface area contributed by atoms with Gasteiger partial charge in [0.1, 0.15) is 12.1 Å². The summed E-state index contributed by atoms with van der Waals surface area (Å²) >= 11 is 0. The minimum Gasteiger partial charge on any atom is -0.396 e. The van der Waals surface area contributed by atoms with Crippen LogP contribution in [0.1, 0.15) is 17.5 Å². The first-order valence-corrected chi connectivity index (χ1v) is 4.62. The third-order valence-electron chi connectivity index (χ3n) is 2.00. The summed E-state index contributed by atoms with van der Waals surface area (Å²) in [5.41, 5.74) is 3.14. The minimum absolute atomic E-state index is 0.0384. The Morgan fingerprint density at radius 3 is 2.47 bits per heavy atom. The van der Waals surface area contributed by atoms with E-state index in [1.165, 1.54) is 6.08 Å². The number of carbonyl (C=O) groups excluding carboxylic acids is 1. The fourth-order valence-electron chi connectivity index (χ4n) is 1.24. The predicted octanol–water partition coefficient (Wildman–Crippen LogP) is 3.03. The number of hydrogen-bond donors (Lipinski definition) is 1. The summed E-state index contributed by atoms with van der Waals surface area (Å²) in [4.78, 5) is 10.0. The third-order valence-corrected chi connectivity index (χ3v) is 2.00. The van der Waals surface area contributed by atoms with Gasteiger partial charge in [-0.25, -0.2) is 4.39 Å². The van der Waals surface area contributed by atoms with Crippen molar-refractivity contribution in [3.05, 3.63) is 35.2 Å². The lowest BCUT2D eigenvalue weighted by molar-refractivity contribution is -0.137. The van der Waals surface area contributed by atoms with Crippen molar-refractivity contribution in [1.82, 2.24) is 0 Å². The molecule has 92 valence electrons. The summed E-state index contributed by atoms with van der Waals surface area (Å²) in [6.45, 7) is 0. The van der Waals surface area contributed by atoms with Crippen LogP contribution in [0.3, 0.4) is 0 Å². The van der Waals surface area contributed by atoms with Gasteiger partial charge in [-0.15, -0.1) is 0 Å². The second-order valence-electron chi connectivity index (χ2n) is 3.26. The highest BCUT2D eigenvalue weighted by Crippen LogP contribution is 2.34. The van der Waals surface area contributed by atoms with E-state index in [-0.39, 0.29) is 12.0 Å². The van der Waals surface area contributed by atoms with Gasteiger partial charge in [0.25, 0.3) is 0 Å². The molecule has 0 amide bonds. The summed E-state index contributed by atoms with van der Waals surface area (Å²) in [5.74, 6) is -0.927. The van der Waals surface area contributed by atoms with E-state index in [1.807, 2.05) is 0 Å². The van der Waals surface area contributed by atoms with Gasteiger partial charge in [-0.1, -0.05) is 12.2 Å². The van der Waals surface area contributed by atoms with Crippen molar-refractivity contribution in [3.8, 4) is 0 Å². The molecule has 0 radical (unpaired) electrons. The van der Waals surface area contributed by atoms with Gasteiger partial charge < -0.3 is 10.5 Å². The zero-order valence-corrected chi connectivity index (χ0v) is 8.59. The van der Waals surface area contributed by atoms with Crippen molar-refractivity contribution in [2.75, 3.05) is 5.73 Å². The van der Waals surface area contributed by atoms with Gasteiger partial charge in [0.2, 0.25) is 0 Å². The second kappa shape index (κ2) is 4.99. The number of carbonyl (C=O) groups is 1. The molecule has 0 aliphatic rings. The van der Waals surface area contributed by atoms with Crippen LogP contribution in [0.25, 0.3) is 6.08 Å². The molecular weight excluding hydrogens is 238 g/mol. The zero-order chi connectivity index (χ0) is 13.1. The fraction of sp³-hybridized carbons (Fsp3) is 0.182. The molecule has 17 heavy (non-hydrogen) atoms. The fourth-order valence-corrected chi connectivity index (χ4v) is 1.24. The first-order valence-electron chi connectivity index (χ1n) is 4.62. The van der Waals surface area contributed by atoms with E-state index in [2.05, 4.69) is 0 Å². The monoisotopic (exact) mass is 247 g/mol. The topological polar surface area (TPSA) is 43.1 Å². The van der Waals surface area contributed by atoms with Gasteiger partial charge in [0.05, 0.1) is 11.3 Å². The van der Waals surface area contributed by atoms with Crippen molar-refractivity contribution < 1.29 is 22.4 Å². The molecular formula is C11H9F4NO. The van der Waals surface area contributed by atoms with Crippen LogP contribution >= 0.6 is 0 Å². The quantitative estimate of drug-likeness (QED) is 0.507. The third kappa shape index (κ3) is 3.30. The number of anilines is 1. The van der Waals surface area contributed by atoms with E-state index in [9.17, 15) is 22.4 Å². The van der Waals surface area contributed by atoms with Crippen LogP contribution in [0.15, 0.2) is 18.2 Å². The molecule has 0 atom stereocenters. The molecule has 0 unspecified atom stereocenters. The van der Waals surface area contributed by atoms with Crippen molar-refractivity contribution in [3.63, 3.8) is 0 Å². The molecule has 0 aromatic heterocycles. The molecule has 0 aliphatic heterocycles. The van der Waals surface area contributed by atoms with Crippen LogP contribution in [-0.4, -0.2) is 6.29 Å². The normalized spacial score (nSPS) is 12.0. The molecule has 0 fully saturated rings. The number of hydrogen-bond acceptors (Lipinski definition) is 2. The molecule has 0 saturated heterocycles. The van der Waals surface area contributed by atoms with Crippen LogP contribution in [-0.2, 0) is 11.0 Å². The maximum atomic E-state index is 13.1. The molecule has 0 aliphatic carbocycles. The molecule has 1 rings (SSSR count). The maximum Gasteiger partial charge on any atom is 0.417 e. The minimum atomic E-state index is -4.62. The maximum absolute atomic E-state index is 13.1. The molecule has 2 nitrogen and oxygen atoms in total. The summed E-state index contributed by atoms with van der Waals surface area (Å²) in [6.07, 6.45) is -1.88. The summed E-state index contributed by atoms with van der Waals surface area (Å²) in [5, 5.41) is 0. The van der Waals surface area contributed by atoms with E-state index in [0.29, 0.717) is 18.4 Å². The lowest BCUT2D eigenvalue weighted by Gasteiger charge is -2.11. The summed E-state index contributed by atoms with van der Waals surface area (Å²) in [6, 6.07) is 1.23. The average molecular weight is 247 g/mol. The number of halogens is 4. The molecule has 1 aromatic rings. The van der Waals surface area contributed by atoms with Gasteiger partial charge in [-0.3, -0.25) is 0 Å². The Morgan fingerprint density at radius 2 is 1.94 bits per heavy atom. The standard InChI is InChI=1S/C11H9F4NO/c12-9-5-7(3-1-2-4-17)8(6-10(9)16)11(13,14)15/h1,3-6H,2,16H2. The zero-order valence-electron chi connectivity index (χ0n) is 8.59. The number of benzene rings is 1. The second-order valence-corrected chi connectivity index (χ2v) is 3.26. The van der Waals surface area contributed by atoms with Crippen molar-refractivity contribution in [2.45, 2.75) is 12.6 Å².